The Morgan fingerprint density at radius 1 is 1.39 bits per heavy atom. The van der Waals surface area contributed by atoms with Crippen LogP contribution in [0.4, 0.5) is 5.82 Å². The van der Waals surface area contributed by atoms with Gasteiger partial charge in [-0.1, -0.05) is 0 Å². The number of nitrogens with zero attached hydrogens (tertiary/aromatic N) is 3. The maximum absolute atomic E-state index is 11.8. The molecular weight excluding hydrogens is 236 g/mol. The van der Waals surface area contributed by atoms with Crippen LogP contribution in [-0.2, 0) is 4.79 Å². The summed E-state index contributed by atoms with van der Waals surface area (Å²) in [5.74, 6) is -0.987. The van der Waals surface area contributed by atoms with E-state index in [-0.39, 0.29) is 23.8 Å². The van der Waals surface area contributed by atoms with Gasteiger partial charge in [-0.3, -0.25) is 4.79 Å². The Balaban J connectivity index is 1.97. The van der Waals surface area contributed by atoms with Gasteiger partial charge in [0.1, 0.15) is 17.7 Å². The third-order valence-electron chi connectivity index (χ3n) is 2.81. The molecule has 0 unspecified atom stereocenters. The lowest BCUT2D eigenvalue weighted by Gasteiger charge is -2.16. The van der Waals surface area contributed by atoms with Gasteiger partial charge in [0.15, 0.2) is 0 Å². The molecule has 1 aliphatic rings. The molecule has 0 aliphatic carbocycles. The smallest absolute Gasteiger partial charge is 0.341 e. The fraction of sp³-hybridized carbons (Fsp3) is 0.455. The molecule has 1 amide bonds. The van der Waals surface area contributed by atoms with E-state index < -0.39 is 5.97 Å². The van der Waals surface area contributed by atoms with Gasteiger partial charge in [0.25, 0.3) is 0 Å². The van der Waals surface area contributed by atoms with Crippen molar-refractivity contribution in [1.29, 1.82) is 0 Å². The van der Waals surface area contributed by atoms with Gasteiger partial charge in [0.2, 0.25) is 5.91 Å². The van der Waals surface area contributed by atoms with E-state index in [1.807, 2.05) is 0 Å². The second kappa shape index (κ2) is 5.44. The number of anilines is 1. The summed E-state index contributed by atoms with van der Waals surface area (Å²) in [6, 6.07) is 0. The number of carbonyl (C=O) groups excluding carboxylic acids is 1. The molecule has 0 bridgehead atoms. The summed E-state index contributed by atoms with van der Waals surface area (Å²) in [6.45, 7) is 1.60. The molecule has 0 radical (unpaired) electrons. The van der Waals surface area contributed by atoms with Gasteiger partial charge >= 0.3 is 5.97 Å². The van der Waals surface area contributed by atoms with E-state index in [9.17, 15) is 9.59 Å². The van der Waals surface area contributed by atoms with Crippen molar-refractivity contribution in [1.82, 2.24) is 14.9 Å². The van der Waals surface area contributed by atoms with E-state index in [4.69, 9.17) is 5.11 Å². The number of hydrogen-bond donors (Lipinski definition) is 2. The zero-order valence-electron chi connectivity index (χ0n) is 9.80. The molecule has 0 aromatic carbocycles. The first-order chi connectivity index (χ1) is 8.68. The summed E-state index contributed by atoms with van der Waals surface area (Å²) in [7, 11) is 0. The van der Waals surface area contributed by atoms with Crippen molar-refractivity contribution in [3.8, 4) is 0 Å². The molecule has 18 heavy (non-hydrogen) atoms. The maximum atomic E-state index is 11.8. The van der Waals surface area contributed by atoms with E-state index in [1.165, 1.54) is 12.5 Å². The molecular formula is C11H14N4O3. The van der Waals surface area contributed by atoms with E-state index in [0.717, 1.165) is 25.9 Å². The van der Waals surface area contributed by atoms with Crippen LogP contribution in [0.25, 0.3) is 0 Å². The summed E-state index contributed by atoms with van der Waals surface area (Å²) < 4.78 is 0. The average Bonchev–Trinajstić information content (AvgIpc) is 2.90. The Morgan fingerprint density at radius 3 is 2.78 bits per heavy atom. The van der Waals surface area contributed by atoms with Crippen LogP contribution in [0.15, 0.2) is 12.5 Å². The van der Waals surface area contributed by atoms with Gasteiger partial charge in [-0.25, -0.2) is 14.8 Å². The minimum Gasteiger partial charge on any atom is -0.477 e. The molecule has 2 N–H and O–H groups in total. The highest BCUT2D eigenvalue weighted by Crippen LogP contribution is 2.11. The lowest BCUT2D eigenvalue weighted by molar-refractivity contribution is -0.128. The molecule has 2 heterocycles. The molecule has 1 fully saturated rings. The summed E-state index contributed by atoms with van der Waals surface area (Å²) in [5, 5.41) is 11.7. The average molecular weight is 250 g/mol. The molecule has 1 aromatic rings. The number of carboxylic acid groups (broad SMARTS) is 1. The van der Waals surface area contributed by atoms with E-state index >= 15 is 0 Å². The standard InChI is InChI=1S/C11H14N4O3/c16-9(15-3-1-2-4-15)6-13-10-8(11(17)18)5-12-7-14-10/h5,7H,1-4,6H2,(H,17,18)(H,12,13,14). The van der Waals surface area contributed by atoms with Crippen LogP contribution in [-0.4, -0.2) is 51.5 Å². The number of aromatic carboxylic acids is 1. The zero-order chi connectivity index (χ0) is 13.0. The molecule has 1 aromatic heterocycles. The lowest BCUT2D eigenvalue weighted by atomic mass is 10.3. The number of hydrogen-bond acceptors (Lipinski definition) is 5. The minimum absolute atomic E-state index is 0.0354. The van der Waals surface area contributed by atoms with Crippen molar-refractivity contribution in [2.45, 2.75) is 12.8 Å². The first-order valence-corrected chi connectivity index (χ1v) is 5.73. The Kier molecular flexibility index (Phi) is 3.71. The Bertz CT molecular complexity index is 457. The molecule has 1 aliphatic heterocycles. The number of carbonyl (C=O) groups is 2. The zero-order valence-corrected chi connectivity index (χ0v) is 9.80. The van der Waals surface area contributed by atoms with Gasteiger partial charge in [-0.05, 0) is 12.8 Å². The van der Waals surface area contributed by atoms with E-state index in [2.05, 4.69) is 15.3 Å². The van der Waals surface area contributed by atoms with Crippen molar-refractivity contribution >= 4 is 17.7 Å². The fourth-order valence-corrected chi connectivity index (χ4v) is 1.86. The summed E-state index contributed by atoms with van der Waals surface area (Å²) in [4.78, 5) is 31.9. The quantitative estimate of drug-likeness (QED) is 0.793. The van der Waals surface area contributed by atoms with Crippen molar-refractivity contribution < 1.29 is 14.7 Å². The highest BCUT2D eigenvalue weighted by molar-refractivity contribution is 5.93. The van der Waals surface area contributed by atoms with Crippen molar-refractivity contribution in [2.24, 2.45) is 0 Å². The highest BCUT2D eigenvalue weighted by atomic mass is 16.4. The molecule has 7 nitrogen and oxygen atoms in total. The summed E-state index contributed by atoms with van der Waals surface area (Å²) in [6.07, 6.45) is 4.51. The molecule has 0 atom stereocenters. The van der Waals surface area contributed by atoms with Crippen LogP contribution in [0, 0.1) is 0 Å². The summed E-state index contributed by atoms with van der Waals surface area (Å²) >= 11 is 0. The SMILES string of the molecule is O=C(O)c1cncnc1NCC(=O)N1CCCC1. The highest BCUT2D eigenvalue weighted by Gasteiger charge is 2.18. The molecule has 7 heteroatoms. The number of amides is 1. The number of nitrogens with one attached hydrogen (secondary N) is 1. The maximum Gasteiger partial charge on any atom is 0.341 e. The van der Waals surface area contributed by atoms with Crippen molar-refractivity contribution in [3.05, 3.63) is 18.1 Å². The topological polar surface area (TPSA) is 95.4 Å². The van der Waals surface area contributed by atoms with Crippen molar-refractivity contribution in [3.63, 3.8) is 0 Å². The number of carboxylic acids is 1. The van der Waals surface area contributed by atoms with Gasteiger partial charge in [0, 0.05) is 19.3 Å². The van der Waals surface area contributed by atoms with Crippen LogP contribution in [0.1, 0.15) is 23.2 Å². The molecule has 0 saturated carbocycles. The van der Waals surface area contributed by atoms with Crippen LogP contribution in [0.5, 0.6) is 0 Å². The normalized spacial score (nSPS) is 14.6. The predicted molar refractivity (Wildman–Crippen MR) is 63.3 cm³/mol. The third-order valence-corrected chi connectivity index (χ3v) is 2.81. The first-order valence-electron chi connectivity index (χ1n) is 5.73. The Hall–Kier alpha value is -2.18. The molecule has 2 rings (SSSR count). The number of aromatic nitrogens is 2. The van der Waals surface area contributed by atoms with Crippen LogP contribution < -0.4 is 5.32 Å². The molecule has 96 valence electrons. The Morgan fingerprint density at radius 2 is 2.11 bits per heavy atom. The Labute approximate surface area is 104 Å². The van der Waals surface area contributed by atoms with Crippen molar-refractivity contribution in [2.75, 3.05) is 25.0 Å². The van der Waals surface area contributed by atoms with Crippen LogP contribution >= 0.6 is 0 Å². The van der Waals surface area contributed by atoms with Gasteiger partial charge < -0.3 is 15.3 Å². The minimum atomic E-state index is -1.12. The second-order valence-electron chi connectivity index (χ2n) is 4.03. The predicted octanol–water partition coefficient (Wildman–Crippen LogP) is 0.209. The van der Waals surface area contributed by atoms with E-state index in [1.54, 1.807) is 4.90 Å². The first kappa shape index (κ1) is 12.3. The number of rotatable bonds is 4. The van der Waals surface area contributed by atoms with Crippen LogP contribution in [0.2, 0.25) is 0 Å². The van der Waals surface area contributed by atoms with Crippen LogP contribution in [0.3, 0.4) is 0 Å². The van der Waals surface area contributed by atoms with E-state index in [0.29, 0.717) is 0 Å². The fourth-order valence-electron chi connectivity index (χ4n) is 1.86. The molecule has 1 saturated heterocycles. The summed E-state index contributed by atoms with van der Waals surface area (Å²) in [5.41, 5.74) is -0.0354. The van der Waals surface area contributed by atoms with Gasteiger partial charge in [-0.2, -0.15) is 0 Å². The third kappa shape index (κ3) is 2.73. The molecule has 0 spiro atoms. The van der Waals surface area contributed by atoms with Gasteiger partial charge in [0.05, 0.1) is 6.54 Å². The van der Waals surface area contributed by atoms with Gasteiger partial charge in [-0.15, -0.1) is 0 Å². The number of likely N-dealkylation sites (tertiary alicyclic amines) is 1. The largest absolute Gasteiger partial charge is 0.477 e. The lowest BCUT2D eigenvalue weighted by Crippen LogP contribution is -2.33. The monoisotopic (exact) mass is 250 g/mol. The second-order valence-corrected chi connectivity index (χ2v) is 4.03.